The zero-order valence-electron chi connectivity index (χ0n) is 17.1. The Morgan fingerprint density at radius 2 is 2.16 bits per heavy atom. The summed E-state index contributed by atoms with van der Waals surface area (Å²) in [6, 6.07) is -2.01. The Morgan fingerprint density at radius 3 is 2.69 bits per heavy atom. The molecule has 32 heavy (non-hydrogen) atoms. The molecule has 172 valence electrons. The van der Waals surface area contributed by atoms with E-state index >= 15 is 0 Å². The summed E-state index contributed by atoms with van der Waals surface area (Å²) in [6.07, 6.45) is 1.04. The topological polar surface area (TPSA) is 183 Å². The van der Waals surface area contributed by atoms with Gasteiger partial charge in [0.05, 0.1) is 12.0 Å². The van der Waals surface area contributed by atoms with Crippen molar-refractivity contribution in [3.63, 3.8) is 0 Å². The minimum atomic E-state index is -1.35. The molecule has 2 aliphatic heterocycles. The number of carboxylic acids is 1. The van der Waals surface area contributed by atoms with Crippen molar-refractivity contribution in [1.82, 2.24) is 20.0 Å². The molecular weight excluding hydrogens is 450 g/mol. The maximum absolute atomic E-state index is 12.7. The highest BCUT2D eigenvalue weighted by Gasteiger charge is 2.54. The minimum absolute atomic E-state index is 0.188. The standard InChI is InChI=1S/C17H19N5O9S/c1-7(20-4-10(22(28)29)14(19-20)30-3)13(24)18-11-15(25)21-12(17(26)27)9(5-31-8(2)23)6-32-16(11)21/h4,7,11,16H,5-6H2,1-3H3,(H,18,24)(H,26,27)/t7-,11+,16-/m1/s1. The molecule has 0 unspecified atom stereocenters. The van der Waals surface area contributed by atoms with Gasteiger partial charge >= 0.3 is 23.5 Å². The van der Waals surface area contributed by atoms with E-state index < -0.39 is 51.8 Å². The van der Waals surface area contributed by atoms with Gasteiger partial charge in [-0.05, 0) is 6.92 Å². The second-order valence-corrected chi connectivity index (χ2v) is 7.98. The molecule has 0 radical (unpaired) electrons. The number of hydrogen-bond acceptors (Lipinski definition) is 10. The molecule has 0 spiro atoms. The number of thioether (sulfide) groups is 1. The predicted octanol–water partition coefficient (Wildman–Crippen LogP) is -0.337. The summed E-state index contributed by atoms with van der Waals surface area (Å²) in [5, 5.41) is 26.4. The molecule has 3 heterocycles. The third-order valence-electron chi connectivity index (χ3n) is 4.84. The van der Waals surface area contributed by atoms with Gasteiger partial charge in [0, 0.05) is 18.2 Å². The van der Waals surface area contributed by atoms with Crippen LogP contribution in [0.1, 0.15) is 19.9 Å². The van der Waals surface area contributed by atoms with Crippen molar-refractivity contribution in [2.45, 2.75) is 31.3 Å². The number of ether oxygens (including phenoxy) is 2. The van der Waals surface area contributed by atoms with Gasteiger partial charge in [-0.2, -0.15) is 0 Å². The molecule has 15 heteroatoms. The molecule has 0 saturated carbocycles. The molecule has 1 fully saturated rings. The molecule has 3 rings (SSSR count). The molecule has 1 aromatic heterocycles. The number of rotatable bonds is 8. The second-order valence-electron chi connectivity index (χ2n) is 6.87. The van der Waals surface area contributed by atoms with E-state index in [0.29, 0.717) is 0 Å². The third kappa shape index (κ3) is 4.10. The number of carbonyl (C=O) groups is 4. The van der Waals surface area contributed by atoms with Crippen molar-refractivity contribution in [3.8, 4) is 5.88 Å². The van der Waals surface area contributed by atoms with Crippen molar-refractivity contribution >= 4 is 41.2 Å². The SMILES string of the molecule is COc1nn([C@H](C)C(=O)N[C@H]2C(=O)N3C(C(=O)O)=C(COC(C)=O)CS[C@H]23)cc1[N+](=O)[O-]. The van der Waals surface area contributed by atoms with Gasteiger partial charge in [-0.1, -0.05) is 0 Å². The number of nitrogens with one attached hydrogen (secondary N) is 1. The highest BCUT2D eigenvalue weighted by atomic mass is 32.2. The molecule has 3 atom stereocenters. The van der Waals surface area contributed by atoms with E-state index in [2.05, 4.69) is 10.4 Å². The normalized spacial score (nSPS) is 20.7. The van der Waals surface area contributed by atoms with Gasteiger partial charge in [0.25, 0.3) is 5.91 Å². The molecule has 14 nitrogen and oxygen atoms in total. The Labute approximate surface area is 184 Å². The minimum Gasteiger partial charge on any atom is -0.477 e. The fraction of sp³-hybridized carbons (Fsp3) is 0.471. The van der Waals surface area contributed by atoms with E-state index in [9.17, 15) is 34.4 Å². The smallest absolute Gasteiger partial charge is 0.352 e. The van der Waals surface area contributed by atoms with Crippen LogP contribution >= 0.6 is 11.8 Å². The Hall–Kier alpha value is -3.62. The van der Waals surface area contributed by atoms with E-state index in [4.69, 9.17) is 9.47 Å². The van der Waals surface area contributed by atoms with Gasteiger partial charge in [-0.3, -0.25) is 29.4 Å². The van der Waals surface area contributed by atoms with Crippen LogP contribution in [0.3, 0.4) is 0 Å². The average molecular weight is 469 g/mol. The van der Waals surface area contributed by atoms with Crippen LogP contribution in [0.25, 0.3) is 0 Å². The number of aliphatic carboxylic acids is 1. The monoisotopic (exact) mass is 469 g/mol. The van der Waals surface area contributed by atoms with Crippen LogP contribution in [0.15, 0.2) is 17.5 Å². The first-order valence-electron chi connectivity index (χ1n) is 9.18. The molecule has 1 saturated heterocycles. The third-order valence-corrected chi connectivity index (χ3v) is 6.18. The highest BCUT2D eigenvalue weighted by molar-refractivity contribution is 8.00. The van der Waals surface area contributed by atoms with Gasteiger partial charge in [-0.15, -0.1) is 16.9 Å². The number of fused-ring (bicyclic) bond motifs is 1. The zero-order valence-corrected chi connectivity index (χ0v) is 18.0. The number of esters is 1. The molecule has 0 bridgehead atoms. The predicted molar refractivity (Wildman–Crippen MR) is 106 cm³/mol. The largest absolute Gasteiger partial charge is 0.477 e. The molecular formula is C17H19N5O9S. The van der Waals surface area contributed by atoms with Gasteiger partial charge in [0.2, 0.25) is 5.91 Å². The van der Waals surface area contributed by atoms with Crippen LogP contribution in [-0.4, -0.2) is 79.3 Å². The number of hydrogen-bond donors (Lipinski definition) is 2. The molecule has 0 aliphatic carbocycles. The molecule has 2 aliphatic rings. The van der Waals surface area contributed by atoms with Crippen LogP contribution in [0.5, 0.6) is 5.88 Å². The first-order valence-corrected chi connectivity index (χ1v) is 10.2. The van der Waals surface area contributed by atoms with E-state index in [0.717, 1.165) is 15.8 Å². The second kappa shape index (κ2) is 8.86. The number of methoxy groups -OCH3 is 1. The van der Waals surface area contributed by atoms with Crippen LogP contribution < -0.4 is 10.1 Å². The van der Waals surface area contributed by atoms with Crippen molar-refractivity contribution in [3.05, 3.63) is 27.6 Å². The van der Waals surface area contributed by atoms with Crippen molar-refractivity contribution in [2.75, 3.05) is 19.5 Å². The molecule has 2 amide bonds. The number of carbonyl (C=O) groups excluding carboxylic acids is 3. The lowest BCUT2D eigenvalue weighted by atomic mass is 10.0. The quantitative estimate of drug-likeness (QED) is 0.220. The van der Waals surface area contributed by atoms with Crippen molar-refractivity contribution < 1.29 is 38.7 Å². The van der Waals surface area contributed by atoms with Gasteiger partial charge in [0.1, 0.15) is 36.0 Å². The lowest BCUT2D eigenvalue weighted by Gasteiger charge is -2.49. The summed E-state index contributed by atoms with van der Waals surface area (Å²) < 4.78 is 10.7. The van der Waals surface area contributed by atoms with Gasteiger partial charge < -0.3 is 19.9 Å². The number of carboxylic acid groups (broad SMARTS) is 1. The summed E-state index contributed by atoms with van der Waals surface area (Å²) in [7, 11) is 1.20. The maximum Gasteiger partial charge on any atom is 0.352 e. The Balaban J connectivity index is 1.73. The first kappa shape index (κ1) is 23.1. The molecule has 0 aromatic carbocycles. The van der Waals surface area contributed by atoms with Gasteiger partial charge in [0.15, 0.2) is 0 Å². The van der Waals surface area contributed by atoms with Gasteiger partial charge in [-0.25, -0.2) is 9.48 Å². The number of nitrogens with zero attached hydrogens (tertiary/aromatic N) is 4. The van der Waals surface area contributed by atoms with Crippen molar-refractivity contribution in [1.29, 1.82) is 0 Å². The van der Waals surface area contributed by atoms with Crippen LogP contribution in [0, 0.1) is 10.1 Å². The van der Waals surface area contributed by atoms with E-state index in [-0.39, 0.29) is 29.5 Å². The zero-order chi connectivity index (χ0) is 23.7. The summed E-state index contributed by atoms with van der Waals surface area (Å²) in [6.45, 7) is 2.36. The Bertz CT molecular complexity index is 1040. The average Bonchev–Trinajstić information content (AvgIpc) is 3.19. The summed E-state index contributed by atoms with van der Waals surface area (Å²) in [5.74, 6) is -3.29. The Kier molecular flexibility index (Phi) is 6.38. The number of nitro groups is 1. The lowest BCUT2D eigenvalue weighted by Crippen LogP contribution is -2.71. The summed E-state index contributed by atoms with van der Waals surface area (Å²) in [5.41, 5.74) is -0.417. The fourth-order valence-electron chi connectivity index (χ4n) is 3.21. The first-order chi connectivity index (χ1) is 15.1. The summed E-state index contributed by atoms with van der Waals surface area (Å²) >= 11 is 1.22. The Morgan fingerprint density at radius 1 is 1.47 bits per heavy atom. The van der Waals surface area contributed by atoms with E-state index in [1.807, 2.05) is 0 Å². The van der Waals surface area contributed by atoms with E-state index in [1.165, 1.54) is 32.7 Å². The van der Waals surface area contributed by atoms with E-state index in [1.54, 1.807) is 0 Å². The van der Waals surface area contributed by atoms with Crippen LogP contribution in [0.2, 0.25) is 0 Å². The summed E-state index contributed by atoms with van der Waals surface area (Å²) in [4.78, 5) is 59.5. The van der Waals surface area contributed by atoms with Crippen LogP contribution in [-0.2, 0) is 23.9 Å². The number of β-lactam (4-membered cyclic amide) rings is 1. The van der Waals surface area contributed by atoms with Crippen LogP contribution in [0.4, 0.5) is 5.69 Å². The fourth-order valence-corrected chi connectivity index (χ4v) is 4.54. The molecule has 2 N–H and O–H groups in total. The number of amides is 2. The molecule has 1 aromatic rings. The number of aromatic nitrogens is 2. The highest BCUT2D eigenvalue weighted by Crippen LogP contribution is 2.40. The van der Waals surface area contributed by atoms with Crippen molar-refractivity contribution in [2.24, 2.45) is 0 Å². The maximum atomic E-state index is 12.7. The lowest BCUT2D eigenvalue weighted by molar-refractivity contribution is -0.385.